The second-order valence-electron chi connectivity index (χ2n) is 4.13. The maximum Gasteiger partial charge on any atom is 0.305 e. The molecule has 0 radical (unpaired) electrons. The smallest absolute Gasteiger partial charge is 0.305 e. The Balaban J connectivity index is 2.31. The van der Waals surface area contributed by atoms with E-state index in [4.69, 9.17) is 0 Å². The number of nitrogens with zero attached hydrogens (tertiary/aromatic N) is 1. The number of carbonyl (C=O) groups excluding carboxylic acids is 2. The molecule has 0 aromatic carbocycles. The van der Waals surface area contributed by atoms with E-state index in [1.807, 2.05) is 18.3 Å². The molecular weight excluding hydrogens is 230 g/mol. The Labute approximate surface area is 107 Å². The zero-order chi connectivity index (χ0) is 13.4. The van der Waals surface area contributed by atoms with Crippen LogP contribution >= 0.6 is 0 Å². The Morgan fingerprint density at radius 2 is 2.00 bits per heavy atom. The zero-order valence-corrected chi connectivity index (χ0v) is 10.9. The van der Waals surface area contributed by atoms with Gasteiger partial charge in [-0.1, -0.05) is 13.0 Å². The van der Waals surface area contributed by atoms with Crippen LogP contribution in [0.2, 0.25) is 0 Å². The first-order valence-electron chi connectivity index (χ1n) is 6.18. The number of hydrogen-bond acceptors (Lipinski definition) is 4. The van der Waals surface area contributed by atoms with Gasteiger partial charge in [0.1, 0.15) is 5.78 Å². The van der Waals surface area contributed by atoms with Gasteiger partial charge < -0.3 is 4.74 Å². The predicted molar refractivity (Wildman–Crippen MR) is 68.2 cm³/mol. The molecule has 98 valence electrons. The van der Waals surface area contributed by atoms with Gasteiger partial charge in [-0.3, -0.25) is 14.6 Å². The lowest BCUT2D eigenvalue weighted by molar-refractivity contribution is -0.141. The highest BCUT2D eigenvalue weighted by Gasteiger charge is 2.07. The number of ketones is 1. The van der Waals surface area contributed by atoms with Crippen LogP contribution in [0.3, 0.4) is 0 Å². The lowest BCUT2D eigenvalue weighted by Gasteiger charge is -2.02. The van der Waals surface area contributed by atoms with Gasteiger partial charge in [-0.25, -0.2) is 0 Å². The van der Waals surface area contributed by atoms with Crippen LogP contribution in [-0.4, -0.2) is 23.8 Å². The maximum absolute atomic E-state index is 11.5. The van der Waals surface area contributed by atoms with E-state index in [2.05, 4.69) is 16.6 Å². The number of aryl methyl sites for hydroxylation is 2. The van der Waals surface area contributed by atoms with Crippen LogP contribution in [0, 0.1) is 0 Å². The molecule has 1 heterocycles. The molecule has 0 fully saturated rings. The van der Waals surface area contributed by atoms with E-state index in [1.54, 1.807) is 0 Å². The number of rotatable bonds is 7. The summed E-state index contributed by atoms with van der Waals surface area (Å²) < 4.78 is 4.49. The predicted octanol–water partition coefficient (Wildman–Crippen LogP) is 2.10. The van der Waals surface area contributed by atoms with Crippen molar-refractivity contribution in [1.82, 2.24) is 4.98 Å². The Bertz CT molecular complexity index is 398. The first kappa shape index (κ1) is 14.4. The van der Waals surface area contributed by atoms with E-state index in [-0.39, 0.29) is 24.6 Å². The second-order valence-corrected chi connectivity index (χ2v) is 4.13. The number of esters is 1. The van der Waals surface area contributed by atoms with E-state index in [0.29, 0.717) is 12.8 Å². The van der Waals surface area contributed by atoms with Crippen molar-refractivity contribution in [2.24, 2.45) is 0 Å². The summed E-state index contributed by atoms with van der Waals surface area (Å²) in [6, 6.07) is 3.98. The largest absolute Gasteiger partial charge is 0.469 e. The minimum atomic E-state index is -0.339. The van der Waals surface area contributed by atoms with Crippen molar-refractivity contribution < 1.29 is 14.3 Å². The Morgan fingerprint density at radius 3 is 2.56 bits per heavy atom. The lowest BCUT2D eigenvalue weighted by atomic mass is 10.1. The van der Waals surface area contributed by atoms with Crippen molar-refractivity contribution in [2.45, 2.75) is 39.0 Å². The SMILES string of the molecule is CCc1ccc(CCC(=O)CCC(=O)OC)nc1. The first-order valence-corrected chi connectivity index (χ1v) is 6.18. The fourth-order valence-corrected chi connectivity index (χ4v) is 1.55. The van der Waals surface area contributed by atoms with Gasteiger partial charge in [0.05, 0.1) is 13.5 Å². The highest BCUT2D eigenvalue weighted by Crippen LogP contribution is 2.05. The highest BCUT2D eigenvalue weighted by molar-refractivity contribution is 5.82. The third-order valence-electron chi connectivity index (χ3n) is 2.79. The van der Waals surface area contributed by atoms with Crippen molar-refractivity contribution in [2.75, 3.05) is 7.11 Å². The summed E-state index contributed by atoms with van der Waals surface area (Å²) >= 11 is 0. The van der Waals surface area contributed by atoms with E-state index >= 15 is 0 Å². The van der Waals surface area contributed by atoms with Crippen LogP contribution in [0.4, 0.5) is 0 Å². The summed E-state index contributed by atoms with van der Waals surface area (Å²) in [4.78, 5) is 26.7. The Kier molecular flexibility index (Phi) is 6.05. The number of hydrogen-bond donors (Lipinski definition) is 0. The van der Waals surface area contributed by atoms with Gasteiger partial charge in [-0.2, -0.15) is 0 Å². The topological polar surface area (TPSA) is 56.3 Å². The van der Waals surface area contributed by atoms with Crippen molar-refractivity contribution in [1.29, 1.82) is 0 Å². The molecule has 1 aromatic heterocycles. The summed E-state index contributed by atoms with van der Waals surface area (Å²) in [5.41, 5.74) is 2.11. The molecule has 0 unspecified atom stereocenters. The fraction of sp³-hybridized carbons (Fsp3) is 0.500. The average Bonchev–Trinajstić information content (AvgIpc) is 2.42. The molecule has 0 saturated carbocycles. The summed E-state index contributed by atoms with van der Waals surface area (Å²) in [7, 11) is 1.33. The van der Waals surface area contributed by atoms with Gasteiger partial charge in [-0.05, 0) is 24.5 Å². The Hall–Kier alpha value is -1.71. The van der Waals surface area contributed by atoms with Crippen molar-refractivity contribution in [3.63, 3.8) is 0 Å². The summed E-state index contributed by atoms with van der Waals surface area (Å²) in [6.45, 7) is 2.08. The molecule has 0 atom stereocenters. The molecule has 0 bridgehead atoms. The summed E-state index contributed by atoms with van der Waals surface area (Å²) in [5, 5.41) is 0. The lowest BCUT2D eigenvalue weighted by Crippen LogP contribution is -2.06. The molecule has 0 saturated heterocycles. The number of carbonyl (C=O) groups is 2. The third kappa shape index (κ3) is 5.08. The maximum atomic E-state index is 11.5. The number of aromatic nitrogens is 1. The fourth-order valence-electron chi connectivity index (χ4n) is 1.55. The molecule has 18 heavy (non-hydrogen) atoms. The highest BCUT2D eigenvalue weighted by atomic mass is 16.5. The van der Waals surface area contributed by atoms with Crippen LogP contribution < -0.4 is 0 Å². The summed E-state index contributed by atoms with van der Waals surface area (Å²) in [6.07, 6.45) is 4.27. The molecule has 4 nitrogen and oxygen atoms in total. The van der Waals surface area contributed by atoms with Gasteiger partial charge >= 0.3 is 5.97 Å². The van der Waals surface area contributed by atoms with Gasteiger partial charge in [0.2, 0.25) is 0 Å². The quantitative estimate of drug-likeness (QED) is 0.694. The van der Waals surface area contributed by atoms with Crippen LogP contribution in [0.15, 0.2) is 18.3 Å². The van der Waals surface area contributed by atoms with Gasteiger partial charge in [-0.15, -0.1) is 0 Å². The van der Waals surface area contributed by atoms with Crippen molar-refractivity contribution in [3.8, 4) is 0 Å². The molecular formula is C14H19NO3. The molecule has 0 amide bonds. The number of pyridine rings is 1. The van der Waals surface area contributed by atoms with E-state index < -0.39 is 0 Å². The molecule has 4 heteroatoms. The monoisotopic (exact) mass is 249 g/mol. The van der Waals surface area contributed by atoms with Gasteiger partial charge in [0.15, 0.2) is 0 Å². The van der Waals surface area contributed by atoms with Crippen molar-refractivity contribution in [3.05, 3.63) is 29.6 Å². The van der Waals surface area contributed by atoms with E-state index in [1.165, 1.54) is 12.7 Å². The molecule has 0 aliphatic rings. The first-order chi connectivity index (χ1) is 8.65. The van der Waals surface area contributed by atoms with Crippen LogP contribution in [0.1, 0.15) is 37.4 Å². The van der Waals surface area contributed by atoms with Crippen LogP contribution in [0.25, 0.3) is 0 Å². The second kappa shape index (κ2) is 7.58. The van der Waals surface area contributed by atoms with Crippen LogP contribution in [-0.2, 0) is 27.2 Å². The van der Waals surface area contributed by atoms with Gasteiger partial charge in [0, 0.05) is 24.7 Å². The normalized spacial score (nSPS) is 10.1. The number of Topliss-reactive ketones (excluding diaryl/α,β-unsaturated/α-hetero) is 1. The zero-order valence-electron chi connectivity index (χ0n) is 10.9. The molecule has 1 rings (SSSR count). The molecule has 0 aliphatic carbocycles. The molecule has 0 spiro atoms. The standard InChI is InChI=1S/C14H19NO3/c1-3-11-4-5-12(15-10-11)6-7-13(16)8-9-14(17)18-2/h4-5,10H,3,6-9H2,1-2H3. The molecule has 0 N–H and O–H groups in total. The van der Waals surface area contributed by atoms with Gasteiger partial charge in [0.25, 0.3) is 0 Å². The van der Waals surface area contributed by atoms with E-state index in [0.717, 1.165) is 12.1 Å². The summed E-state index contributed by atoms with van der Waals surface area (Å²) in [5.74, 6) is -0.268. The van der Waals surface area contributed by atoms with Crippen molar-refractivity contribution >= 4 is 11.8 Å². The minimum absolute atomic E-state index is 0.0711. The number of ether oxygens (including phenoxy) is 1. The minimum Gasteiger partial charge on any atom is -0.469 e. The van der Waals surface area contributed by atoms with Crippen LogP contribution in [0.5, 0.6) is 0 Å². The molecule has 1 aromatic rings. The number of methoxy groups -OCH3 is 1. The Morgan fingerprint density at radius 1 is 1.22 bits per heavy atom. The molecule has 0 aliphatic heterocycles. The van der Waals surface area contributed by atoms with E-state index in [9.17, 15) is 9.59 Å². The third-order valence-corrected chi connectivity index (χ3v) is 2.79. The average molecular weight is 249 g/mol.